The second-order valence-electron chi connectivity index (χ2n) is 20.6. The molecule has 0 radical (unpaired) electrons. The number of hydrogen-bond acceptors (Lipinski definition) is 16. The minimum atomic E-state index is -1.15. The molecule has 10 amide bonds. The molecule has 2 unspecified atom stereocenters. The predicted molar refractivity (Wildman–Crippen MR) is 265 cm³/mol. The van der Waals surface area contributed by atoms with E-state index in [1.165, 1.54) is 17.9 Å². The maximum atomic E-state index is 14.5. The predicted octanol–water partition coefficient (Wildman–Crippen LogP) is 0.162. The number of ether oxygens (including phenoxy) is 2. The third-order valence-electron chi connectivity index (χ3n) is 14.0. The molecule has 2 aliphatic carbocycles. The Balaban J connectivity index is 0.813. The molecule has 75 heavy (non-hydrogen) atoms. The van der Waals surface area contributed by atoms with Crippen molar-refractivity contribution in [3.63, 3.8) is 0 Å². The first-order valence-corrected chi connectivity index (χ1v) is 25.7. The summed E-state index contributed by atoms with van der Waals surface area (Å²) in [5.74, 6) is -6.93. The van der Waals surface area contributed by atoms with E-state index in [2.05, 4.69) is 47.2 Å². The molecule has 1 aromatic heterocycles. The number of hydrogen-bond donors (Lipinski definition) is 7. The van der Waals surface area contributed by atoms with Crippen LogP contribution in [0.3, 0.4) is 0 Å². The zero-order chi connectivity index (χ0) is 54.1. The molecule has 7 atom stereocenters. The van der Waals surface area contributed by atoms with Gasteiger partial charge in [0, 0.05) is 37.8 Å². The number of carbonyl (C=O) groups excluding carboxylic acids is 11. The molecule has 0 bridgehead atoms. The Bertz CT molecular complexity index is 2560. The molecular formula is C51H67N11O13. The van der Waals surface area contributed by atoms with Crippen molar-refractivity contribution in [2.45, 2.75) is 129 Å². The van der Waals surface area contributed by atoms with Crippen LogP contribution in [0.15, 0.2) is 30.6 Å². The van der Waals surface area contributed by atoms with Gasteiger partial charge in [0.05, 0.1) is 56.0 Å². The van der Waals surface area contributed by atoms with Crippen molar-refractivity contribution in [1.29, 1.82) is 0 Å². The zero-order valence-electron chi connectivity index (χ0n) is 42.9. The largest absolute Gasteiger partial charge is 0.382 e. The van der Waals surface area contributed by atoms with Gasteiger partial charge in [-0.2, -0.15) is 0 Å². The maximum absolute atomic E-state index is 14.5. The van der Waals surface area contributed by atoms with E-state index in [1.807, 2.05) is 6.92 Å². The molecular weight excluding hydrogens is 975 g/mol. The fraction of sp³-hybridized carbons (Fsp3) is 0.588. The minimum Gasteiger partial charge on any atom is -0.382 e. The fourth-order valence-electron chi connectivity index (χ4n) is 9.88. The summed E-state index contributed by atoms with van der Waals surface area (Å²) in [5, 5.41) is 18.8. The Kier molecular flexibility index (Phi) is 18.1. The van der Waals surface area contributed by atoms with Gasteiger partial charge in [0.2, 0.25) is 35.3 Å². The number of nitrogens with one attached hydrogen (secondary N) is 7. The first-order chi connectivity index (χ1) is 35.8. The van der Waals surface area contributed by atoms with Crippen LogP contribution >= 0.6 is 0 Å². The molecule has 7 rings (SSSR count). The highest BCUT2D eigenvalue weighted by atomic mass is 16.5. The average molecular weight is 1040 g/mol. The summed E-state index contributed by atoms with van der Waals surface area (Å²) < 4.78 is 11.1. The summed E-state index contributed by atoms with van der Waals surface area (Å²) >= 11 is 0. The van der Waals surface area contributed by atoms with Crippen LogP contribution in [0.4, 0.5) is 5.69 Å². The lowest BCUT2D eigenvalue weighted by Crippen LogP contribution is -2.61. The Morgan fingerprint density at radius 3 is 2.17 bits per heavy atom. The van der Waals surface area contributed by atoms with E-state index in [9.17, 15) is 52.7 Å². The number of Topliss-reactive ketones (excluding diaryl/α,β-unsaturated/α-hetero) is 1. The highest BCUT2D eigenvalue weighted by Crippen LogP contribution is 2.43. The zero-order valence-corrected chi connectivity index (χ0v) is 42.9. The Morgan fingerprint density at radius 2 is 1.52 bits per heavy atom. The number of amides is 10. The number of imide groups is 2. The number of likely N-dealkylation sites (tertiary alicyclic amines) is 1. The molecule has 1 aromatic carbocycles. The molecule has 4 heterocycles. The van der Waals surface area contributed by atoms with Crippen LogP contribution < -0.4 is 37.2 Å². The summed E-state index contributed by atoms with van der Waals surface area (Å²) in [6.07, 6.45) is 7.06. The molecule has 7 N–H and O–H groups in total. The fourth-order valence-corrected chi connectivity index (χ4v) is 9.88. The SMILES string of the molecule is CCC[C@H](NC(=O)[C@@H]1C2CCC[C@H]2CN1C(=O)[C@@H](NC(=O)[C@H](C)NC(=O)c1cnc(C(=O)NCCOCCOCCNc2cccc3c2C(=O)N(C2CCC(=O)NC2=O)C3=O)cn1)C(C)(C)C)C(=O)C(=O)NC1CC1. The molecule has 0 spiro atoms. The molecule has 404 valence electrons. The van der Waals surface area contributed by atoms with Gasteiger partial charge in [-0.05, 0) is 74.8 Å². The number of ketones is 1. The van der Waals surface area contributed by atoms with E-state index in [1.54, 1.807) is 32.9 Å². The standard InChI is InChI=1S/C51H67N11O13/c1-6-9-33(40(64)47(70)57-29-14-15-29)58-46(69)39-30-11-7-10-28(30)26-61(39)50(73)41(51(3,4)5)60-42(65)27(2)56-44(67)35-25-54-34(24-55-35)43(66)53-19-21-75-23-22-74-20-18-52-32-13-8-12-31-38(32)49(72)62(48(31)71)36-16-17-37(63)59-45(36)68/h8,12-13,24-25,27-30,33,36,39,41,52H,6-7,9-11,14-23,26H2,1-5H3,(H,53,66)(H,56,67)(H,57,70)(H,58,69)(H,60,65)(H,59,63,68)/t27-,28-,30?,33-,36?,39-,41+/m0/s1. The van der Waals surface area contributed by atoms with Crippen LogP contribution in [0, 0.1) is 17.3 Å². The van der Waals surface area contributed by atoms with Crippen molar-refractivity contribution in [2.75, 3.05) is 51.4 Å². The van der Waals surface area contributed by atoms with Gasteiger partial charge in [0.25, 0.3) is 29.5 Å². The van der Waals surface area contributed by atoms with Crippen molar-refractivity contribution in [3.05, 3.63) is 53.1 Å². The van der Waals surface area contributed by atoms with Crippen LogP contribution in [-0.4, -0.2) is 167 Å². The highest BCUT2D eigenvalue weighted by molar-refractivity contribution is 6.38. The van der Waals surface area contributed by atoms with Crippen molar-refractivity contribution in [1.82, 2.24) is 51.7 Å². The number of fused-ring (bicyclic) bond motifs is 2. The summed E-state index contributed by atoms with van der Waals surface area (Å²) in [4.78, 5) is 155. The number of nitrogens with zero attached hydrogens (tertiary/aromatic N) is 4. The van der Waals surface area contributed by atoms with E-state index in [0.717, 1.165) is 43.0 Å². The Hall–Kier alpha value is -7.21. The van der Waals surface area contributed by atoms with Crippen LogP contribution in [0.5, 0.6) is 0 Å². The number of benzene rings is 1. The number of aromatic nitrogens is 2. The van der Waals surface area contributed by atoms with Crippen LogP contribution in [0.1, 0.15) is 134 Å². The van der Waals surface area contributed by atoms with E-state index in [4.69, 9.17) is 9.47 Å². The smallest absolute Gasteiger partial charge is 0.289 e. The lowest BCUT2D eigenvalue weighted by molar-refractivity contribution is -0.146. The van der Waals surface area contributed by atoms with Crippen molar-refractivity contribution in [3.8, 4) is 0 Å². The molecule has 3 aliphatic heterocycles. The van der Waals surface area contributed by atoms with Gasteiger partial charge in [-0.3, -0.25) is 63.0 Å². The first-order valence-electron chi connectivity index (χ1n) is 25.7. The maximum Gasteiger partial charge on any atom is 0.289 e. The van der Waals surface area contributed by atoms with Gasteiger partial charge < -0.3 is 46.3 Å². The second-order valence-corrected chi connectivity index (χ2v) is 20.6. The summed E-state index contributed by atoms with van der Waals surface area (Å²) in [6.45, 7) is 10.1. The lowest BCUT2D eigenvalue weighted by atomic mass is 9.85. The topological polar surface area (TPSA) is 323 Å². The highest BCUT2D eigenvalue weighted by Gasteiger charge is 2.52. The van der Waals surface area contributed by atoms with E-state index in [-0.39, 0.29) is 106 Å². The van der Waals surface area contributed by atoms with E-state index < -0.39 is 100 Å². The van der Waals surface area contributed by atoms with Gasteiger partial charge in [-0.15, -0.1) is 0 Å². The van der Waals surface area contributed by atoms with Crippen molar-refractivity contribution < 1.29 is 62.2 Å². The molecule has 4 fully saturated rings. The van der Waals surface area contributed by atoms with Gasteiger partial charge in [-0.25, -0.2) is 9.97 Å². The van der Waals surface area contributed by atoms with Crippen LogP contribution in [0.25, 0.3) is 0 Å². The molecule has 2 saturated heterocycles. The Labute approximate surface area is 433 Å². The average Bonchev–Trinajstić information content (AvgIpc) is 3.85. The third kappa shape index (κ3) is 13.4. The van der Waals surface area contributed by atoms with Gasteiger partial charge in [-0.1, -0.05) is 46.6 Å². The molecule has 24 nitrogen and oxygen atoms in total. The lowest BCUT2D eigenvalue weighted by Gasteiger charge is -2.37. The van der Waals surface area contributed by atoms with Crippen molar-refractivity contribution in [2.24, 2.45) is 17.3 Å². The van der Waals surface area contributed by atoms with Gasteiger partial charge in [0.15, 0.2) is 0 Å². The number of anilines is 1. The first kappa shape index (κ1) is 55.5. The Morgan fingerprint density at radius 1 is 0.827 bits per heavy atom. The number of carbonyl (C=O) groups is 11. The summed E-state index contributed by atoms with van der Waals surface area (Å²) in [7, 11) is 0. The molecule has 24 heteroatoms. The molecule has 2 aromatic rings. The molecule has 5 aliphatic rings. The van der Waals surface area contributed by atoms with Gasteiger partial charge in [0.1, 0.15) is 35.6 Å². The van der Waals surface area contributed by atoms with Gasteiger partial charge >= 0.3 is 0 Å². The van der Waals surface area contributed by atoms with Crippen LogP contribution in [-0.2, 0) is 43.0 Å². The van der Waals surface area contributed by atoms with Crippen molar-refractivity contribution >= 4 is 70.5 Å². The number of piperidine rings is 1. The normalized spacial score (nSPS) is 21.3. The summed E-state index contributed by atoms with van der Waals surface area (Å²) in [6, 6.07) is -0.555. The van der Waals surface area contributed by atoms with E-state index in [0.29, 0.717) is 18.5 Å². The number of rotatable bonds is 24. The monoisotopic (exact) mass is 1040 g/mol. The minimum absolute atomic E-state index is 0.0194. The van der Waals surface area contributed by atoms with Crippen LogP contribution in [0.2, 0.25) is 0 Å². The second kappa shape index (κ2) is 24.4. The third-order valence-corrected chi connectivity index (χ3v) is 14.0. The quantitative estimate of drug-likeness (QED) is 0.0419. The summed E-state index contributed by atoms with van der Waals surface area (Å²) in [5.41, 5.74) is -0.391. The van der Waals surface area contributed by atoms with E-state index >= 15 is 0 Å². The molecule has 2 saturated carbocycles.